The molecule has 0 aliphatic heterocycles. The molecule has 18 heavy (non-hydrogen) atoms. The number of aryl methyl sites for hydroxylation is 2. The standard InChI is InChI=1S/C15H15NO2/c1-10-6-8-12(9-7-10)13-5-3-4-11(2)14(13)16-15(17)18/h3-9,16H,1-2H3,(H,17,18). The van der Waals surface area contributed by atoms with E-state index in [1.165, 1.54) is 5.56 Å². The van der Waals surface area contributed by atoms with Crippen LogP contribution in [-0.2, 0) is 0 Å². The summed E-state index contributed by atoms with van der Waals surface area (Å²) in [5, 5.41) is 11.4. The van der Waals surface area contributed by atoms with Gasteiger partial charge in [0.15, 0.2) is 0 Å². The molecule has 2 rings (SSSR count). The summed E-state index contributed by atoms with van der Waals surface area (Å²) in [5.74, 6) is 0. The minimum absolute atomic E-state index is 0.647. The molecule has 0 bridgehead atoms. The van der Waals surface area contributed by atoms with Gasteiger partial charge >= 0.3 is 6.09 Å². The lowest BCUT2D eigenvalue weighted by atomic mass is 10.00. The van der Waals surface area contributed by atoms with Crippen molar-refractivity contribution in [3.63, 3.8) is 0 Å². The summed E-state index contributed by atoms with van der Waals surface area (Å²) in [4.78, 5) is 10.8. The van der Waals surface area contributed by atoms with Crippen LogP contribution in [-0.4, -0.2) is 11.2 Å². The summed E-state index contributed by atoms with van der Waals surface area (Å²) in [6.07, 6.45) is -1.04. The van der Waals surface area contributed by atoms with Crippen LogP contribution in [0.3, 0.4) is 0 Å². The first-order valence-corrected chi connectivity index (χ1v) is 5.74. The van der Waals surface area contributed by atoms with Gasteiger partial charge in [-0.1, -0.05) is 48.0 Å². The molecule has 1 amide bonds. The number of nitrogens with one attached hydrogen (secondary N) is 1. The predicted octanol–water partition coefficient (Wildman–Crippen LogP) is 4.06. The first kappa shape index (κ1) is 12.2. The van der Waals surface area contributed by atoms with Gasteiger partial charge in [-0.25, -0.2) is 4.79 Å². The van der Waals surface area contributed by atoms with Crippen LogP contribution in [0.5, 0.6) is 0 Å². The topological polar surface area (TPSA) is 49.3 Å². The molecule has 0 saturated heterocycles. The van der Waals surface area contributed by atoms with Crippen LogP contribution >= 0.6 is 0 Å². The fourth-order valence-corrected chi connectivity index (χ4v) is 1.91. The third kappa shape index (κ3) is 2.51. The summed E-state index contributed by atoms with van der Waals surface area (Å²) in [6.45, 7) is 3.92. The molecular weight excluding hydrogens is 226 g/mol. The highest BCUT2D eigenvalue weighted by Crippen LogP contribution is 2.30. The zero-order chi connectivity index (χ0) is 13.1. The molecule has 0 aliphatic rings. The van der Waals surface area contributed by atoms with Crippen molar-refractivity contribution in [1.82, 2.24) is 0 Å². The molecule has 2 aromatic rings. The molecule has 0 aliphatic carbocycles. The molecule has 2 aromatic carbocycles. The Morgan fingerprint density at radius 2 is 1.72 bits per heavy atom. The minimum Gasteiger partial charge on any atom is -0.465 e. The average molecular weight is 241 g/mol. The molecule has 0 atom stereocenters. The van der Waals surface area contributed by atoms with E-state index >= 15 is 0 Å². The van der Waals surface area contributed by atoms with E-state index in [0.29, 0.717) is 5.69 Å². The van der Waals surface area contributed by atoms with Gasteiger partial charge in [0.05, 0.1) is 5.69 Å². The second-order valence-corrected chi connectivity index (χ2v) is 4.29. The average Bonchev–Trinajstić information content (AvgIpc) is 2.32. The largest absolute Gasteiger partial charge is 0.465 e. The van der Waals surface area contributed by atoms with Gasteiger partial charge in [0, 0.05) is 5.56 Å². The Labute approximate surface area is 106 Å². The van der Waals surface area contributed by atoms with Gasteiger partial charge < -0.3 is 5.11 Å². The third-order valence-electron chi connectivity index (χ3n) is 2.87. The third-order valence-corrected chi connectivity index (χ3v) is 2.87. The van der Waals surface area contributed by atoms with Gasteiger partial charge in [0.1, 0.15) is 0 Å². The van der Waals surface area contributed by atoms with E-state index in [1.54, 1.807) is 0 Å². The van der Waals surface area contributed by atoms with Gasteiger partial charge in [-0.2, -0.15) is 0 Å². The second-order valence-electron chi connectivity index (χ2n) is 4.29. The molecule has 0 unspecified atom stereocenters. The van der Waals surface area contributed by atoms with Crippen LogP contribution in [0.1, 0.15) is 11.1 Å². The molecule has 0 saturated carbocycles. The number of anilines is 1. The molecule has 2 N–H and O–H groups in total. The van der Waals surface area contributed by atoms with E-state index in [1.807, 2.05) is 56.3 Å². The van der Waals surface area contributed by atoms with Gasteiger partial charge in [0.25, 0.3) is 0 Å². The maximum absolute atomic E-state index is 10.8. The van der Waals surface area contributed by atoms with E-state index in [4.69, 9.17) is 5.11 Å². The molecular formula is C15H15NO2. The summed E-state index contributed by atoms with van der Waals surface area (Å²) >= 11 is 0. The van der Waals surface area contributed by atoms with Crippen LogP contribution in [0.25, 0.3) is 11.1 Å². The Hall–Kier alpha value is -2.29. The highest BCUT2D eigenvalue weighted by atomic mass is 16.4. The number of hydrogen-bond donors (Lipinski definition) is 2. The van der Waals surface area contributed by atoms with Crippen molar-refractivity contribution >= 4 is 11.8 Å². The summed E-state index contributed by atoms with van der Waals surface area (Å²) in [6, 6.07) is 13.8. The Morgan fingerprint density at radius 1 is 1.06 bits per heavy atom. The van der Waals surface area contributed by atoms with E-state index in [0.717, 1.165) is 16.7 Å². The van der Waals surface area contributed by atoms with Crippen LogP contribution < -0.4 is 5.32 Å². The van der Waals surface area contributed by atoms with Crippen molar-refractivity contribution in [2.24, 2.45) is 0 Å². The smallest absolute Gasteiger partial charge is 0.409 e. The number of carboxylic acid groups (broad SMARTS) is 1. The number of para-hydroxylation sites is 1. The fraction of sp³-hybridized carbons (Fsp3) is 0.133. The molecule has 0 fully saturated rings. The van der Waals surface area contributed by atoms with Gasteiger partial charge in [-0.15, -0.1) is 0 Å². The van der Waals surface area contributed by atoms with E-state index in [-0.39, 0.29) is 0 Å². The van der Waals surface area contributed by atoms with Gasteiger partial charge in [0.2, 0.25) is 0 Å². The number of carbonyl (C=O) groups is 1. The Kier molecular flexibility index (Phi) is 3.33. The molecule has 0 aromatic heterocycles. The quantitative estimate of drug-likeness (QED) is 0.833. The van der Waals surface area contributed by atoms with Crippen molar-refractivity contribution in [3.8, 4) is 11.1 Å². The fourth-order valence-electron chi connectivity index (χ4n) is 1.91. The zero-order valence-electron chi connectivity index (χ0n) is 10.4. The second kappa shape index (κ2) is 4.92. The number of benzene rings is 2. The lowest BCUT2D eigenvalue weighted by molar-refractivity contribution is 0.209. The van der Waals surface area contributed by atoms with Crippen molar-refractivity contribution in [2.45, 2.75) is 13.8 Å². The van der Waals surface area contributed by atoms with Gasteiger partial charge in [-0.3, -0.25) is 5.32 Å². The van der Waals surface area contributed by atoms with Crippen molar-refractivity contribution in [1.29, 1.82) is 0 Å². The van der Waals surface area contributed by atoms with E-state index in [9.17, 15) is 4.79 Å². The molecule has 0 heterocycles. The Balaban J connectivity index is 2.53. The molecule has 92 valence electrons. The maximum atomic E-state index is 10.8. The normalized spacial score (nSPS) is 10.1. The summed E-state index contributed by atoms with van der Waals surface area (Å²) in [5.41, 5.74) is 4.65. The molecule has 0 radical (unpaired) electrons. The zero-order valence-corrected chi connectivity index (χ0v) is 10.4. The first-order chi connectivity index (χ1) is 8.58. The van der Waals surface area contributed by atoms with Crippen molar-refractivity contribution < 1.29 is 9.90 Å². The first-order valence-electron chi connectivity index (χ1n) is 5.74. The Bertz CT molecular complexity index is 574. The maximum Gasteiger partial charge on any atom is 0.409 e. The highest BCUT2D eigenvalue weighted by molar-refractivity contribution is 5.92. The van der Waals surface area contributed by atoms with E-state index in [2.05, 4.69) is 5.32 Å². The van der Waals surface area contributed by atoms with Crippen LogP contribution in [0, 0.1) is 13.8 Å². The van der Waals surface area contributed by atoms with Crippen LogP contribution in [0.2, 0.25) is 0 Å². The minimum atomic E-state index is -1.04. The van der Waals surface area contributed by atoms with Crippen LogP contribution in [0.4, 0.5) is 10.5 Å². The lowest BCUT2D eigenvalue weighted by Crippen LogP contribution is -2.09. The Morgan fingerprint density at radius 3 is 2.33 bits per heavy atom. The monoisotopic (exact) mass is 241 g/mol. The molecule has 0 spiro atoms. The predicted molar refractivity (Wildman–Crippen MR) is 73.0 cm³/mol. The lowest BCUT2D eigenvalue weighted by Gasteiger charge is -2.12. The highest BCUT2D eigenvalue weighted by Gasteiger charge is 2.09. The van der Waals surface area contributed by atoms with Gasteiger partial charge in [-0.05, 0) is 25.0 Å². The number of hydrogen-bond acceptors (Lipinski definition) is 1. The number of rotatable bonds is 2. The molecule has 3 heteroatoms. The number of amides is 1. The molecule has 3 nitrogen and oxygen atoms in total. The SMILES string of the molecule is Cc1ccc(-c2cccc(C)c2NC(=O)O)cc1. The summed E-state index contributed by atoms with van der Waals surface area (Å²) < 4.78 is 0. The summed E-state index contributed by atoms with van der Waals surface area (Å²) in [7, 11) is 0. The van der Waals surface area contributed by atoms with Crippen LogP contribution in [0.15, 0.2) is 42.5 Å². The van der Waals surface area contributed by atoms with E-state index < -0.39 is 6.09 Å². The van der Waals surface area contributed by atoms with Crippen molar-refractivity contribution in [3.05, 3.63) is 53.6 Å². The van der Waals surface area contributed by atoms with Crippen molar-refractivity contribution in [2.75, 3.05) is 5.32 Å².